The van der Waals surface area contributed by atoms with E-state index in [1.807, 2.05) is 25.1 Å². The highest BCUT2D eigenvalue weighted by Crippen LogP contribution is 2.44. The van der Waals surface area contributed by atoms with E-state index in [2.05, 4.69) is 20.5 Å². The molecule has 2 saturated heterocycles. The van der Waals surface area contributed by atoms with Gasteiger partial charge < -0.3 is 25.2 Å². The Labute approximate surface area is 307 Å². The fourth-order valence-electron chi connectivity index (χ4n) is 7.45. The maximum absolute atomic E-state index is 14.7. The van der Waals surface area contributed by atoms with Crippen LogP contribution in [-0.2, 0) is 11.2 Å². The molecule has 3 aromatic carbocycles. The van der Waals surface area contributed by atoms with E-state index in [9.17, 15) is 27.6 Å². The van der Waals surface area contributed by atoms with E-state index in [1.165, 1.54) is 17.0 Å². The summed E-state index contributed by atoms with van der Waals surface area (Å²) >= 11 is 1.04. The first-order valence-electron chi connectivity index (χ1n) is 17.3. The van der Waals surface area contributed by atoms with Gasteiger partial charge in [-0.05, 0) is 85.8 Å². The monoisotopic (exact) mass is 737 g/mol. The molecule has 0 atom stereocenters. The largest absolute Gasteiger partial charge is 0.381 e. The van der Waals surface area contributed by atoms with Crippen LogP contribution in [-0.4, -0.2) is 55.6 Å². The number of pyridine rings is 1. The molecule has 2 aromatic heterocycles. The molecule has 2 fully saturated rings. The number of nitrogens with one attached hydrogen (secondary N) is 2. The van der Waals surface area contributed by atoms with Crippen molar-refractivity contribution in [2.75, 3.05) is 53.3 Å². The summed E-state index contributed by atoms with van der Waals surface area (Å²) in [5.41, 5.74) is 4.24. The Morgan fingerprint density at radius 2 is 1.60 bits per heavy atom. The number of aryl methyl sites for hydroxylation is 1. The number of halogens is 3. The number of nitrogens with zero attached hydrogens (tertiary/aromatic N) is 3. The van der Waals surface area contributed by atoms with Crippen molar-refractivity contribution in [2.45, 2.75) is 26.2 Å². The third-order valence-corrected chi connectivity index (χ3v) is 11.4. The van der Waals surface area contributed by atoms with E-state index >= 15 is 0 Å². The summed E-state index contributed by atoms with van der Waals surface area (Å²) in [4.78, 5) is 49.4. The van der Waals surface area contributed by atoms with Crippen molar-refractivity contribution in [3.05, 3.63) is 124 Å². The number of hydrogen-bond acceptors (Lipinski definition) is 7. The molecular weight excluding hydrogens is 704 g/mol. The van der Waals surface area contributed by atoms with Crippen LogP contribution in [0, 0.1) is 29.8 Å². The Kier molecular flexibility index (Phi) is 8.99. The smallest absolute Gasteiger partial charge is 0.265 e. The second kappa shape index (κ2) is 13.8. The number of carbonyl (C=O) groups excluding carboxylic acids is 3. The summed E-state index contributed by atoms with van der Waals surface area (Å²) in [6.07, 6.45) is 3.38. The fourth-order valence-corrected chi connectivity index (χ4v) is 8.56. The van der Waals surface area contributed by atoms with Crippen molar-refractivity contribution in [2.24, 2.45) is 5.41 Å². The number of amides is 3. The first-order valence-corrected chi connectivity index (χ1v) is 18.1. The zero-order chi connectivity index (χ0) is 36.9. The fraction of sp³-hybridized carbons (Fsp3) is 0.250. The van der Waals surface area contributed by atoms with Gasteiger partial charge in [-0.2, -0.15) is 0 Å². The number of rotatable bonds is 6. The van der Waals surface area contributed by atoms with Crippen molar-refractivity contribution >= 4 is 51.8 Å². The topological polar surface area (TPSA) is 104 Å². The molecule has 8 rings (SSSR count). The van der Waals surface area contributed by atoms with Gasteiger partial charge in [0.05, 0.1) is 32.9 Å². The Morgan fingerprint density at radius 3 is 2.34 bits per heavy atom. The van der Waals surface area contributed by atoms with Gasteiger partial charge in [-0.15, -0.1) is 11.3 Å². The third kappa shape index (κ3) is 6.55. The number of para-hydroxylation sites is 2. The SMILES string of the molecule is Cc1cccc(C(=O)Nc2ccc(C(=O)N3CCc4cc(C(=O)Nc5c(F)cccc5F)sc4-c4ncc(F)cc43)cc2)c1N1CC2(CCOCC2)C1. The molecule has 1 spiro atoms. The molecule has 0 bridgehead atoms. The molecule has 13 heteroatoms. The number of anilines is 4. The van der Waals surface area contributed by atoms with Crippen LogP contribution in [0.3, 0.4) is 0 Å². The molecule has 3 aliphatic rings. The lowest BCUT2D eigenvalue weighted by Crippen LogP contribution is -2.59. The molecule has 3 aliphatic heterocycles. The number of carbonyl (C=O) groups is 3. The average Bonchev–Trinajstić information content (AvgIpc) is 3.51. The van der Waals surface area contributed by atoms with Crippen LogP contribution >= 0.6 is 11.3 Å². The van der Waals surface area contributed by atoms with E-state index < -0.39 is 35.0 Å². The highest BCUT2D eigenvalue weighted by atomic mass is 32.1. The second-order valence-electron chi connectivity index (χ2n) is 13.7. The number of aromatic nitrogens is 1. The summed E-state index contributed by atoms with van der Waals surface area (Å²) in [5.74, 6) is -3.83. The van der Waals surface area contributed by atoms with Crippen LogP contribution in [0.5, 0.6) is 0 Å². The molecule has 9 nitrogen and oxygen atoms in total. The van der Waals surface area contributed by atoms with E-state index in [0.29, 0.717) is 39.4 Å². The van der Waals surface area contributed by atoms with E-state index in [4.69, 9.17) is 4.74 Å². The van der Waals surface area contributed by atoms with Gasteiger partial charge in [0, 0.05) is 55.6 Å². The van der Waals surface area contributed by atoms with Crippen LogP contribution in [0.1, 0.15) is 54.4 Å². The molecule has 53 heavy (non-hydrogen) atoms. The van der Waals surface area contributed by atoms with Gasteiger partial charge in [0.1, 0.15) is 28.8 Å². The Bertz CT molecular complexity index is 2240. The number of ether oxygens (including phenoxy) is 1. The third-order valence-electron chi connectivity index (χ3n) is 10.2. The number of benzene rings is 3. The first kappa shape index (κ1) is 34.6. The highest BCUT2D eigenvalue weighted by molar-refractivity contribution is 7.17. The van der Waals surface area contributed by atoms with E-state index in [-0.39, 0.29) is 28.4 Å². The number of fused-ring (bicyclic) bond motifs is 3. The summed E-state index contributed by atoms with van der Waals surface area (Å²) in [6, 6.07) is 18.3. The minimum atomic E-state index is -0.908. The molecule has 5 heterocycles. The molecule has 0 aliphatic carbocycles. The summed E-state index contributed by atoms with van der Waals surface area (Å²) in [6.45, 7) is 5.46. The summed E-state index contributed by atoms with van der Waals surface area (Å²) in [7, 11) is 0. The zero-order valence-corrected chi connectivity index (χ0v) is 29.5. The second-order valence-corrected chi connectivity index (χ2v) is 14.8. The molecule has 5 aromatic rings. The lowest BCUT2D eigenvalue weighted by atomic mass is 9.73. The standard InChI is InChI=1S/C40H34F3N5O4S/c1-23-4-2-5-28(35(23)47-21-40(22-47)13-16-52-17-14-40)37(49)45-27-10-8-24(9-11-27)39(51)48-15-12-25-18-32(38(50)46-33-29(42)6-3-7-30(33)43)53-36(25)34-31(48)19-26(41)20-44-34/h2-11,18-20H,12-17,21-22H2,1H3,(H,45,49)(H,46,50). The van der Waals surface area contributed by atoms with Gasteiger partial charge in [0.2, 0.25) is 0 Å². The van der Waals surface area contributed by atoms with Crippen LogP contribution < -0.4 is 20.4 Å². The van der Waals surface area contributed by atoms with Crippen LogP contribution in [0.25, 0.3) is 10.6 Å². The minimum absolute atomic E-state index is 0.142. The molecular formula is C40H34F3N5O4S. The normalized spacial score (nSPS) is 15.9. The zero-order valence-electron chi connectivity index (χ0n) is 28.7. The molecule has 2 N–H and O–H groups in total. The van der Waals surface area contributed by atoms with Crippen molar-refractivity contribution in [1.82, 2.24) is 4.98 Å². The number of thiophene rings is 1. The van der Waals surface area contributed by atoms with Gasteiger partial charge in [-0.25, -0.2) is 13.2 Å². The highest BCUT2D eigenvalue weighted by Gasteiger charge is 2.45. The first-order chi connectivity index (χ1) is 25.6. The molecule has 0 saturated carbocycles. The minimum Gasteiger partial charge on any atom is -0.381 e. The summed E-state index contributed by atoms with van der Waals surface area (Å²) < 4.78 is 48.6. The molecule has 0 unspecified atom stereocenters. The van der Waals surface area contributed by atoms with Crippen molar-refractivity contribution < 1.29 is 32.3 Å². The van der Waals surface area contributed by atoms with Crippen molar-refractivity contribution in [3.8, 4) is 10.6 Å². The predicted octanol–water partition coefficient (Wildman–Crippen LogP) is 7.86. The van der Waals surface area contributed by atoms with E-state index in [0.717, 1.165) is 80.1 Å². The Hall–Kier alpha value is -5.53. The molecule has 3 amide bonds. The molecule has 0 radical (unpaired) electrons. The van der Waals surface area contributed by atoms with E-state index in [1.54, 1.807) is 30.3 Å². The molecule has 270 valence electrons. The van der Waals surface area contributed by atoms with Crippen LogP contribution in [0.4, 0.5) is 35.9 Å². The maximum atomic E-state index is 14.7. The van der Waals surface area contributed by atoms with Gasteiger partial charge in [-0.1, -0.05) is 18.2 Å². The maximum Gasteiger partial charge on any atom is 0.265 e. The Morgan fingerprint density at radius 1 is 0.887 bits per heavy atom. The van der Waals surface area contributed by atoms with Crippen LogP contribution in [0.15, 0.2) is 79.0 Å². The lowest BCUT2D eigenvalue weighted by Gasteiger charge is -2.54. The van der Waals surface area contributed by atoms with Gasteiger partial charge in [0.25, 0.3) is 17.7 Å². The average molecular weight is 738 g/mol. The van der Waals surface area contributed by atoms with Gasteiger partial charge >= 0.3 is 0 Å². The lowest BCUT2D eigenvalue weighted by molar-refractivity contribution is -0.000279. The van der Waals surface area contributed by atoms with Crippen molar-refractivity contribution in [1.29, 1.82) is 0 Å². The summed E-state index contributed by atoms with van der Waals surface area (Å²) in [5, 5.41) is 5.28. The van der Waals surface area contributed by atoms with Gasteiger partial charge in [0.15, 0.2) is 0 Å². The number of hydrogen-bond donors (Lipinski definition) is 2. The van der Waals surface area contributed by atoms with Crippen molar-refractivity contribution in [3.63, 3.8) is 0 Å². The van der Waals surface area contributed by atoms with Gasteiger partial charge in [-0.3, -0.25) is 19.4 Å². The quantitative estimate of drug-likeness (QED) is 0.184. The Balaban J connectivity index is 0.992. The van der Waals surface area contributed by atoms with Crippen LogP contribution in [0.2, 0.25) is 0 Å². The predicted molar refractivity (Wildman–Crippen MR) is 197 cm³/mol.